The van der Waals surface area contributed by atoms with Crippen LogP contribution in [0, 0.1) is 0 Å². The van der Waals surface area contributed by atoms with E-state index in [1.54, 1.807) is 0 Å². The molecule has 2 aliphatic heterocycles. The number of hydrogen-bond donors (Lipinski definition) is 3. The van der Waals surface area contributed by atoms with Crippen LogP contribution in [0.5, 0.6) is 5.75 Å². The second kappa shape index (κ2) is 10.7. The molecule has 2 aliphatic rings. The maximum atomic E-state index is 10.2. The van der Waals surface area contributed by atoms with Crippen molar-refractivity contribution in [2.45, 2.75) is 50.0 Å². The molecule has 0 aliphatic carbocycles. The van der Waals surface area contributed by atoms with E-state index in [0.717, 1.165) is 22.4 Å². The second-order valence-electron chi connectivity index (χ2n) is 9.12. The van der Waals surface area contributed by atoms with E-state index in [2.05, 4.69) is 12.1 Å². The van der Waals surface area contributed by atoms with Crippen LogP contribution in [-0.4, -0.2) is 46.8 Å². The highest BCUT2D eigenvalue weighted by molar-refractivity contribution is 6.31. The molecule has 3 aromatic rings. The molecule has 1 saturated heterocycles. The number of rotatable bonds is 7. The molecule has 0 bridgehead atoms. The van der Waals surface area contributed by atoms with Gasteiger partial charge in [0.25, 0.3) is 0 Å². The van der Waals surface area contributed by atoms with Crippen molar-refractivity contribution in [1.82, 2.24) is 0 Å². The predicted molar refractivity (Wildman–Crippen MR) is 131 cm³/mol. The molecule has 7 heteroatoms. The Hall–Kier alpha value is -2.45. The van der Waals surface area contributed by atoms with Gasteiger partial charge >= 0.3 is 0 Å². The molecule has 184 valence electrons. The van der Waals surface area contributed by atoms with E-state index in [9.17, 15) is 15.3 Å². The summed E-state index contributed by atoms with van der Waals surface area (Å²) in [5.41, 5.74) is 5.26. The number of aliphatic hydroxyl groups is 3. The normalized spacial score (nSPS) is 25.9. The van der Waals surface area contributed by atoms with Crippen LogP contribution in [0.2, 0.25) is 5.02 Å². The first-order valence-corrected chi connectivity index (χ1v) is 12.2. The molecule has 5 rings (SSSR count). The maximum Gasteiger partial charge on any atom is 0.119 e. The third kappa shape index (κ3) is 5.38. The molecule has 1 fully saturated rings. The molecular formula is C28H29ClO6. The molecule has 35 heavy (non-hydrogen) atoms. The molecule has 0 amide bonds. The van der Waals surface area contributed by atoms with E-state index >= 15 is 0 Å². The van der Waals surface area contributed by atoms with Crippen molar-refractivity contribution in [1.29, 1.82) is 0 Å². The number of fused-ring (bicyclic) bond motifs is 1. The summed E-state index contributed by atoms with van der Waals surface area (Å²) < 4.78 is 17.7. The Bertz CT molecular complexity index is 1150. The molecular weight excluding hydrogens is 468 g/mol. The van der Waals surface area contributed by atoms with Gasteiger partial charge in [0.2, 0.25) is 0 Å². The summed E-state index contributed by atoms with van der Waals surface area (Å²) in [6.45, 7) is 0.721. The van der Waals surface area contributed by atoms with Crippen LogP contribution < -0.4 is 4.74 Å². The second-order valence-corrected chi connectivity index (χ2v) is 9.53. The Labute approximate surface area is 209 Å². The van der Waals surface area contributed by atoms with Gasteiger partial charge < -0.3 is 29.5 Å². The molecule has 5 atom stereocenters. The Balaban J connectivity index is 1.23. The molecule has 1 unspecified atom stereocenters. The highest BCUT2D eigenvalue weighted by Crippen LogP contribution is 2.34. The van der Waals surface area contributed by atoms with E-state index in [0.29, 0.717) is 24.7 Å². The number of halogens is 1. The van der Waals surface area contributed by atoms with E-state index in [4.69, 9.17) is 25.8 Å². The fourth-order valence-corrected chi connectivity index (χ4v) is 4.93. The van der Waals surface area contributed by atoms with Crippen LogP contribution in [0.15, 0.2) is 66.7 Å². The average Bonchev–Trinajstić information content (AvgIpc) is 3.29. The van der Waals surface area contributed by atoms with Crippen LogP contribution in [0.1, 0.15) is 46.4 Å². The van der Waals surface area contributed by atoms with E-state index in [1.165, 1.54) is 11.1 Å². The van der Waals surface area contributed by atoms with Crippen molar-refractivity contribution in [2.75, 3.05) is 13.2 Å². The number of hydrogen-bond acceptors (Lipinski definition) is 6. The number of aliphatic hydroxyl groups excluding tert-OH is 3. The van der Waals surface area contributed by atoms with Gasteiger partial charge in [-0.1, -0.05) is 60.1 Å². The van der Waals surface area contributed by atoms with Gasteiger partial charge in [-0.15, -0.1) is 0 Å². The summed E-state index contributed by atoms with van der Waals surface area (Å²) in [6.07, 6.45) is -2.49. The summed E-state index contributed by atoms with van der Waals surface area (Å²) >= 11 is 6.48. The van der Waals surface area contributed by atoms with Crippen LogP contribution in [0.3, 0.4) is 0 Å². The first-order chi connectivity index (χ1) is 17.0. The van der Waals surface area contributed by atoms with Crippen molar-refractivity contribution in [3.05, 3.63) is 99.6 Å². The Kier molecular flexibility index (Phi) is 7.39. The standard InChI is InChI=1S/C28H29ClO6/c29-23-10-7-18(25-13-24(31)28(32)26(14-30)35-25)12-20(23)11-17-5-8-21(9-6-17)33-16-27-22-4-2-1-3-19(22)15-34-27/h1-10,12,24-28,30-32H,11,13-16H2/t24-,25-,26-,27?,28+/m1/s1. The monoisotopic (exact) mass is 496 g/mol. The van der Waals surface area contributed by atoms with E-state index in [-0.39, 0.29) is 19.1 Å². The van der Waals surface area contributed by atoms with Crippen LogP contribution in [0.4, 0.5) is 0 Å². The van der Waals surface area contributed by atoms with Crippen molar-refractivity contribution in [3.8, 4) is 5.75 Å². The Morgan fingerprint density at radius 3 is 2.60 bits per heavy atom. The predicted octanol–water partition coefficient (Wildman–Crippen LogP) is 4.13. The third-order valence-electron chi connectivity index (χ3n) is 6.75. The minimum absolute atomic E-state index is 0.0560. The van der Waals surface area contributed by atoms with Crippen molar-refractivity contribution in [3.63, 3.8) is 0 Å². The van der Waals surface area contributed by atoms with Crippen LogP contribution in [-0.2, 0) is 22.5 Å². The molecule has 3 aromatic carbocycles. The lowest BCUT2D eigenvalue weighted by molar-refractivity contribution is -0.181. The highest BCUT2D eigenvalue weighted by Gasteiger charge is 2.37. The average molecular weight is 497 g/mol. The smallest absolute Gasteiger partial charge is 0.119 e. The highest BCUT2D eigenvalue weighted by atomic mass is 35.5. The first kappa shape index (κ1) is 24.3. The lowest BCUT2D eigenvalue weighted by Gasteiger charge is -2.36. The SMILES string of the molecule is OC[C@H]1O[C@@H](c2ccc(Cl)c(Cc3ccc(OCC4OCc5ccccc54)cc3)c2)C[C@@H](O)[C@@H]1O. The number of benzene rings is 3. The molecule has 0 aromatic heterocycles. The lowest BCUT2D eigenvalue weighted by Crippen LogP contribution is -2.47. The minimum Gasteiger partial charge on any atom is -0.491 e. The molecule has 0 spiro atoms. The summed E-state index contributed by atoms with van der Waals surface area (Å²) in [6, 6.07) is 21.8. The summed E-state index contributed by atoms with van der Waals surface area (Å²) in [7, 11) is 0. The zero-order valence-corrected chi connectivity index (χ0v) is 20.0. The zero-order chi connectivity index (χ0) is 24.4. The largest absolute Gasteiger partial charge is 0.491 e. The molecule has 2 heterocycles. The summed E-state index contributed by atoms with van der Waals surface area (Å²) in [4.78, 5) is 0. The van der Waals surface area contributed by atoms with Crippen LogP contribution in [0.25, 0.3) is 0 Å². The fraction of sp³-hybridized carbons (Fsp3) is 0.357. The van der Waals surface area contributed by atoms with Crippen molar-refractivity contribution < 1.29 is 29.5 Å². The number of ether oxygens (including phenoxy) is 3. The Morgan fingerprint density at radius 2 is 1.80 bits per heavy atom. The third-order valence-corrected chi connectivity index (χ3v) is 7.12. The molecule has 3 N–H and O–H groups in total. The summed E-state index contributed by atoms with van der Waals surface area (Å²) in [5.74, 6) is 0.778. The summed E-state index contributed by atoms with van der Waals surface area (Å²) in [5, 5.41) is 30.3. The van der Waals surface area contributed by atoms with Crippen LogP contribution >= 0.6 is 11.6 Å². The van der Waals surface area contributed by atoms with Gasteiger partial charge in [-0.3, -0.25) is 0 Å². The molecule has 0 saturated carbocycles. The lowest BCUT2D eigenvalue weighted by atomic mass is 9.92. The Morgan fingerprint density at radius 1 is 1.00 bits per heavy atom. The minimum atomic E-state index is -1.10. The molecule has 6 nitrogen and oxygen atoms in total. The van der Waals surface area contributed by atoms with Crippen molar-refractivity contribution in [2.24, 2.45) is 0 Å². The first-order valence-electron chi connectivity index (χ1n) is 11.8. The fourth-order valence-electron chi connectivity index (χ4n) is 4.74. The quantitative estimate of drug-likeness (QED) is 0.456. The maximum absolute atomic E-state index is 10.2. The van der Waals surface area contributed by atoms with Gasteiger partial charge in [0.05, 0.1) is 25.4 Å². The van der Waals surface area contributed by atoms with Gasteiger partial charge in [-0.2, -0.15) is 0 Å². The zero-order valence-electron chi connectivity index (χ0n) is 19.2. The molecule has 0 radical (unpaired) electrons. The van der Waals surface area contributed by atoms with Gasteiger partial charge in [-0.25, -0.2) is 0 Å². The van der Waals surface area contributed by atoms with Crippen molar-refractivity contribution >= 4 is 11.6 Å². The van der Waals surface area contributed by atoms with E-state index < -0.39 is 24.4 Å². The van der Waals surface area contributed by atoms with Gasteiger partial charge in [0, 0.05) is 11.4 Å². The van der Waals surface area contributed by atoms with Gasteiger partial charge in [0.15, 0.2) is 0 Å². The topological polar surface area (TPSA) is 88.4 Å². The van der Waals surface area contributed by atoms with Gasteiger partial charge in [0.1, 0.15) is 30.7 Å². The van der Waals surface area contributed by atoms with E-state index in [1.807, 2.05) is 54.6 Å². The van der Waals surface area contributed by atoms with Gasteiger partial charge in [-0.05, 0) is 52.4 Å².